The number of hydrogen-bond donors (Lipinski definition) is 3. The maximum Gasteiger partial charge on any atom is 0.396 e. The van der Waals surface area contributed by atoms with Crippen LogP contribution in [-0.2, 0) is 10.0 Å². The van der Waals surface area contributed by atoms with Gasteiger partial charge in [0.15, 0.2) is 0 Å². The number of aliphatic hydroxyl groups excluding tert-OH is 2. The van der Waals surface area contributed by atoms with E-state index in [9.17, 15) is 30.4 Å². The second kappa shape index (κ2) is 5.42. The molecule has 3 N–H and O–H groups in total. The highest BCUT2D eigenvalue weighted by Crippen LogP contribution is 2.34. The molecule has 0 saturated carbocycles. The zero-order chi connectivity index (χ0) is 13.9. The first-order valence-electron chi connectivity index (χ1n) is 4.13. The highest BCUT2D eigenvalue weighted by molar-refractivity contribution is 7.90. The summed E-state index contributed by atoms with van der Waals surface area (Å²) in [4.78, 5) is 0. The molecule has 0 atom stereocenters. The zero-order valence-electron chi connectivity index (χ0n) is 8.21. The van der Waals surface area contributed by atoms with Crippen LogP contribution in [0.5, 0.6) is 0 Å². The largest absolute Gasteiger partial charge is 0.396 e. The molecule has 0 spiro atoms. The summed E-state index contributed by atoms with van der Waals surface area (Å²) in [7, 11) is -5.64. The normalized spacial score (nSPS) is 14.4. The molecule has 0 aromatic heterocycles. The maximum absolute atomic E-state index is 12.8. The summed E-state index contributed by atoms with van der Waals surface area (Å²) >= 11 is 0. The van der Waals surface area contributed by atoms with E-state index in [0.717, 1.165) is 4.72 Å². The van der Waals surface area contributed by atoms with Crippen molar-refractivity contribution in [3.05, 3.63) is 0 Å². The van der Waals surface area contributed by atoms with Crippen molar-refractivity contribution >= 4 is 10.0 Å². The van der Waals surface area contributed by atoms with Crippen molar-refractivity contribution in [3.63, 3.8) is 0 Å². The van der Waals surface area contributed by atoms with E-state index < -0.39 is 47.1 Å². The summed E-state index contributed by atoms with van der Waals surface area (Å²) in [5, 5.41) is 11.8. The average Bonchev–Trinajstić information content (AvgIpc) is 2.10. The predicted octanol–water partition coefficient (Wildman–Crippen LogP) is -0.196. The van der Waals surface area contributed by atoms with Gasteiger partial charge >= 0.3 is 11.4 Å². The fraction of sp³-hybridized carbons (Fsp3) is 1.00. The highest BCUT2D eigenvalue weighted by Gasteiger charge is 2.53. The molecule has 0 aliphatic carbocycles. The van der Waals surface area contributed by atoms with Gasteiger partial charge < -0.3 is 10.2 Å². The summed E-state index contributed by atoms with van der Waals surface area (Å²) in [5.41, 5.74) is 0. The molecule has 0 heterocycles. The van der Waals surface area contributed by atoms with Gasteiger partial charge in [-0.2, -0.15) is 22.0 Å². The smallest absolute Gasteiger partial charge is 0.395 e. The van der Waals surface area contributed by atoms with E-state index in [1.807, 2.05) is 0 Å². The first-order valence-corrected chi connectivity index (χ1v) is 5.61. The van der Waals surface area contributed by atoms with Crippen molar-refractivity contribution in [1.29, 1.82) is 0 Å². The van der Waals surface area contributed by atoms with Crippen LogP contribution in [-0.4, -0.2) is 49.3 Å². The first kappa shape index (κ1) is 16.5. The van der Waals surface area contributed by atoms with E-state index in [1.165, 1.54) is 0 Å². The molecule has 0 amide bonds. The van der Waals surface area contributed by atoms with Crippen LogP contribution in [0.15, 0.2) is 0 Å². The molecular formula is C6H10F5NO4S. The Bertz CT molecular complexity index is 337. The number of hydrogen-bond acceptors (Lipinski definition) is 4. The van der Waals surface area contributed by atoms with Crippen molar-refractivity contribution in [3.8, 4) is 0 Å². The lowest BCUT2D eigenvalue weighted by molar-refractivity contribution is -0.167. The SMILES string of the molecule is O=S(=O)(NC(CO)CO)C(F)(F)CC(F)(F)F. The Morgan fingerprint density at radius 1 is 1.06 bits per heavy atom. The Morgan fingerprint density at radius 2 is 1.47 bits per heavy atom. The third kappa shape index (κ3) is 5.10. The standard InChI is InChI=1S/C6H10F5NO4S/c7-5(8,9)3-6(10,11)17(15,16)12-4(1-13)2-14/h4,12-14H,1-3H2. The molecular weight excluding hydrogens is 277 g/mol. The Balaban J connectivity index is 4.91. The molecule has 0 bridgehead atoms. The van der Waals surface area contributed by atoms with Gasteiger partial charge in [-0.3, -0.25) is 0 Å². The predicted molar refractivity (Wildman–Crippen MR) is 45.6 cm³/mol. The van der Waals surface area contributed by atoms with E-state index in [-0.39, 0.29) is 0 Å². The van der Waals surface area contributed by atoms with Crippen LogP contribution in [0, 0.1) is 0 Å². The topological polar surface area (TPSA) is 86.6 Å². The first-order chi connectivity index (χ1) is 7.45. The number of aliphatic hydroxyl groups is 2. The minimum absolute atomic E-state index is 1.03. The van der Waals surface area contributed by atoms with E-state index in [2.05, 4.69) is 0 Å². The van der Waals surface area contributed by atoms with Gasteiger partial charge in [0.05, 0.1) is 19.3 Å². The minimum Gasteiger partial charge on any atom is -0.395 e. The molecule has 0 radical (unpaired) electrons. The van der Waals surface area contributed by atoms with Gasteiger partial charge in [-0.1, -0.05) is 0 Å². The molecule has 0 rings (SSSR count). The number of halogens is 5. The van der Waals surface area contributed by atoms with Crippen LogP contribution < -0.4 is 4.72 Å². The number of alkyl halides is 5. The molecule has 0 saturated heterocycles. The van der Waals surface area contributed by atoms with Gasteiger partial charge in [-0.25, -0.2) is 13.1 Å². The van der Waals surface area contributed by atoms with Gasteiger partial charge in [0.2, 0.25) is 0 Å². The molecule has 0 fully saturated rings. The van der Waals surface area contributed by atoms with E-state index >= 15 is 0 Å². The summed E-state index contributed by atoms with van der Waals surface area (Å²) in [5.74, 6) is 0. The van der Waals surface area contributed by atoms with Crippen molar-refractivity contribution in [2.45, 2.75) is 23.9 Å². The third-order valence-electron chi connectivity index (χ3n) is 1.56. The molecule has 104 valence electrons. The van der Waals surface area contributed by atoms with Crippen molar-refractivity contribution in [2.75, 3.05) is 13.2 Å². The number of nitrogens with one attached hydrogen (secondary N) is 1. The Kier molecular flexibility index (Phi) is 5.25. The summed E-state index contributed by atoms with van der Waals surface area (Å²) in [6.45, 7) is -2.06. The molecule has 0 aliphatic heterocycles. The second-order valence-electron chi connectivity index (χ2n) is 3.11. The lowest BCUT2D eigenvalue weighted by atomic mass is 10.4. The summed E-state index contributed by atoms with van der Waals surface area (Å²) in [6.07, 6.45) is -8.22. The fourth-order valence-corrected chi connectivity index (χ4v) is 1.88. The summed E-state index contributed by atoms with van der Waals surface area (Å²) < 4.78 is 83.6. The molecule has 0 aromatic carbocycles. The van der Waals surface area contributed by atoms with E-state index in [0.29, 0.717) is 0 Å². The lowest BCUT2D eigenvalue weighted by Crippen LogP contribution is -2.49. The van der Waals surface area contributed by atoms with Crippen LogP contribution in [0.4, 0.5) is 22.0 Å². The Labute approximate surface area is 93.3 Å². The maximum atomic E-state index is 12.8. The highest BCUT2D eigenvalue weighted by atomic mass is 32.2. The lowest BCUT2D eigenvalue weighted by Gasteiger charge is -2.21. The van der Waals surface area contributed by atoms with E-state index in [4.69, 9.17) is 10.2 Å². The van der Waals surface area contributed by atoms with Crippen LogP contribution in [0.25, 0.3) is 0 Å². The number of rotatable bonds is 6. The van der Waals surface area contributed by atoms with Gasteiger partial charge in [0.25, 0.3) is 10.0 Å². The summed E-state index contributed by atoms with van der Waals surface area (Å²) in [6, 6.07) is -1.68. The quantitative estimate of drug-likeness (QED) is 0.591. The molecule has 17 heavy (non-hydrogen) atoms. The fourth-order valence-electron chi connectivity index (χ4n) is 0.766. The minimum atomic E-state index is -5.64. The molecule has 11 heteroatoms. The molecule has 0 aliphatic rings. The molecule has 5 nitrogen and oxygen atoms in total. The Hall–Kier alpha value is -0.520. The van der Waals surface area contributed by atoms with Crippen LogP contribution in [0.3, 0.4) is 0 Å². The van der Waals surface area contributed by atoms with Crippen LogP contribution in [0.2, 0.25) is 0 Å². The second-order valence-corrected chi connectivity index (χ2v) is 4.95. The van der Waals surface area contributed by atoms with Crippen molar-refractivity contribution < 1.29 is 40.6 Å². The van der Waals surface area contributed by atoms with Gasteiger partial charge in [-0.15, -0.1) is 0 Å². The van der Waals surface area contributed by atoms with Crippen LogP contribution >= 0.6 is 0 Å². The van der Waals surface area contributed by atoms with Crippen LogP contribution in [0.1, 0.15) is 6.42 Å². The van der Waals surface area contributed by atoms with Gasteiger partial charge in [0, 0.05) is 0 Å². The third-order valence-corrected chi connectivity index (χ3v) is 3.14. The Morgan fingerprint density at radius 3 is 1.76 bits per heavy atom. The molecule has 0 unspecified atom stereocenters. The van der Waals surface area contributed by atoms with Crippen molar-refractivity contribution in [2.24, 2.45) is 0 Å². The number of sulfonamides is 1. The zero-order valence-corrected chi connectivity index (χ0v) is 9.02. The van der Waals surface area contributed by atoms with Gasteiger partial charge in [0.1, 0.15) is 6.42 Å². The molecule has 0 aromatic rings. The van der Waals surface area contributed by atoms with Gasteiger partial charge in [-0.05, 0) is 0 Å². The monoisotopic (exact) mass is 287 g/mol. The van der Waals surface area contributed by atoms with E-state index in [1.54, 1.807) is 0 Å². The van der Waals surface area contributed by atoms with Crippen molar-refractivity contribution in [1.82, 2.24) is 4.72 Å². The average molecular weight is 287 g/mol.